The first-order valence-corrected chi connectivity index (χ1v) is 12.5. The van der Waals surface area contributed by atoms with E-state index in [1.165, 1.54) is 11.3 Å². The number of nitrogens with one attached hydrogen (secondary N) is 1. The van der Waals surface area contributed by atoms with Crippen molar-refractivity contribution in [3.63, 3.8) is 0 Å². The number of thiophene rings is 1. The van der Waals surface area contributed by atoms with Gasteiger partial charge in [0.25, 0.3) is 5.91 Å². The van der Waals surface area contributed by atoms with E-state index in [9.17, 15) is 9.59 Å². The summed E-state index contributed by atoms with van der Waals surface area (Å²) in [7, 11) is 0. The van der Waals surface area contributed by atoms with Crippen LogP contribution in [0.3, 0.4) is 0 Å². The quantitative estimate of drug-likeness (QED) is 0.346. The molecule has 1 aliphatic rings. The number of amides is 1. The number of carbonyl (C=O) groups is 2. The maximum absolute atomic E-state index is 12.6. The predicted octanol–water partition coefficient (Wildman–Crippen LogP) is 6.50. The molecule has 0 saturated heterocycles. The molecular formula is C23H21Br2NO4S. The maximum atomic E-state index is 12.6. The Morgan fingerprint density at radius 1 is 1.13 bits per heavy atom. The van der Waals surface area contributed by atoms with Crippen LogP contribution in [0.15, 0.2) is 39.3 Å². The summed E-state index contributed by atoms with van der Waals surface area (Å²) in [4.78, 5) is 26.4. The second-order valence-electron chi connectivity index (χ2n) is 7.22. The second-order valence-corrected chi connectivity index (χ2v) is 10.0. The molecule has 0 spiro atoms. The van der Waals surface area contributed by atoms with E-state index < -0.39 is 0 Å². The third-order valence-electron chi connectivity index (χ3n) is 5.14. The monoisotopic (exact) mass is 565 g/mol. The highest BCUT2D eigenvalue weighted by Crippen LogP contribution is 2.39. The fraction of sp³-hybridized carbons (Fsp3) is 0.304. The molecule has 1 aliphatic carbocycles. The van der Waals surface area contributed by atoms with E-state index in [1.807, 2.05) is 30.3 Å². The number of hydrogen-bond acceptors (Lipinski definition) is 5. The van der Waals surface area contributed by atoms with Gasteiger partial charge in [0.15, 0.2) is 6.61 Å². The minimum Gasteiger partial charge on any atom is -0.483 e. The molecule has 31 heavy (non-hydrogen) atoms. The van der Waals surface area contributed by atoms with Crippen LogP contribution in [0.2, 0.25) is 0 Å². The van der Waals surface area contributed by atoms with Gasteiger partial charge in [0.2, 0.25) is 0 Å². The Labute approximate surface area is 201 Å². The van der Waals surface area contributed by atoms with Crippen molar-refractivity contribution in [1.82, 2.24) is 0 Å². The average molecular weight is 567 g/mol. The van der Waals surface area contributed by atoms with Gasteiger partial charge in [-0.05, 0) is 83.1 Å². The second kappa shape index (κ2) is 9.71. The summed E-state index contributed by atoms with van der Waals surface area (Å²) in [6.07, 6.45) is 3.91. The minimum absolute atomic E-state index is 0.161. The molecule has 1 amide bonds. The van der Waals surface area contributed by atoms with Crippen LogP contribution in [0.4, 0.5) is 5.00 Å². The van der Waals surface area contributed by atoms with E-state index in [-0.39, 0.29) is 18.5 Å². The molecule has 0 bridgehead atoms. The number of carbonyl (C=O) groups excluding carboxylic acids is 2. The number of esters is 1. The molecular weight excluding hydrogens is 546 g/mol. The number of fused-ring (bicyclic) bond motifs is 2. The van der Waals surface area contributed by atoms with Crippen LogP contribution in [-0.4, -0.2) is 25.1 Å². The highest BCUT2D eigenvalue weighted by atomic mass is 79.9. The fourth-order valence-electron chi connectivity index (χ4n) is 3.73. The molecule has 0 fully saturated rings. The lowest BCUT2D eigenvalue weighted by atomic mass is 9.95. The summed E-state index contributed by atoms with van der Waals surface area (Å²) in [6.45, 7) is 1.92. The van der Waals surface area contributed by atoms with Gasteiger partial charge in [-0.1, -0.05) is 28.1 Å². The molecule has 3 aromatic rings. The Balaban J connectivity index is 1.50. The molecule has 0 unspecified atom stereocenters. The lowest BCUT2D eigenvalue weighted by Gasteiger charge is -2.13. The Bertz CT molecular complexity index is 1160. The van der Waals surface area contributed by atoms with Gasteiger partial charge in [-0.15, -0.1) is 11.3 Å². The van der Waals surface area contributed by atoms with Gasteiger partial charge in [0.1, 0.15) is 10.8 Å². The number of rotatable bonds is 6. The van der Waals surface area contributed by atoms with Crippen LogP contribution in [0, 0.1) is 0 Å². The standard InChI is InChI=1S/C23H21Br2NO4S/c1-2-29-23(28)20-16-5-3-4-6-18(16)31-22(20)26-19(27)12-30-17-10-7-13-11-14(24)8-9-15(13)21(17)25/h7-11H,2-6,12H2,1H3,(H,26,27). The van der Waals surface area contributed by atoms with Crippen LogP contribution >= 0.6 is 43.2 Å². The van der Waals surface area contributed by atoms with Gasteiger partial charge in [0, 0.05) is 9.35 Å². The molecule has 0 atom stereocenters. The number of anilines is 1. The van der Waals surface area contributed by atoms with Crippen molar-refractivity contribution in [2.24, 2.45) is 0 Å². The van der Waals surface area contributed by atoms with E-state index in [4.69, 9.17) is 9.47 Å². The summed E-state index contributed by atoms with van der Waals surface area (Å²) in [5, 5.41) is 5.48. The zero-order valence-electron chi connectivity index (χ0n) is 16.9. The molecule has 0 saturated carbocycles. The minimum atomic E-state index is -0.374. The average Bonchev–Trinajstić information content (AvgIpc) is 3.11. The first-order chi connectivity index (χ1) is 15.0. The zero-order valence-corrected chi connectivity index (χ0v) is 20.9. The molecule has 1 N–H and O–H groups in total. The van der Waals surface area contributed by atoms with Crippen molar-refractivity contribution >= 4 is 70.8 Å². The smallest absolute Gasteiger partial charge is 0.341 e. The van der Waals surface area contributed by atoms with Crippen molar-refractivity contribution in [3.8, 4) is 5.75 Å². The Hall–Kier alpha value is -1.90. The molecule has 5 nitrogen and oxygen atoms in total. The number of ether oxygens (including phenoxy) is 2. The summed E-state index contributed by atoms with van der Waals surface area (Å²) in [6, 6.07) is 9.74. The summed E-state index contributed by atoms with van der Waals surface area (Å²) in [5.41, 5.74) is 1.53. The van der Waals surface area contributed by atoms with Gasteiger partial charge in [-0.2, -0.15) is 0 Å². The largest absolute Gasteiger partial charge is 0.483 e. The van der Waals surface area contributed by atoms with Gasteiger partial charge < -0.3 is 14.8 Å². The maximum Gasteiger partial charge on any atom is 0.341 e. The van der Waals surface area contributed by atoms with E-state index in [1.54, 1.807) is 6.92 Å². The van der Waals surface area contributed by atoms with Gasteiger partial charge in [-0.25, -0.2) is 4.79 Å². The van der Waals surface area contributed by atoms with Gasteiger partial charge in [-0.3, -0.25) is 4.79 Å². The van der Waals surface area contributed by atoms with Gasteiger partial charge in [0.05, 0.1) is 16.6 Å². The third-order valence-corrected chi connectivity index (χ3v) is 7.66. The molecule has 1 aromatic heterocycles. The molecule has 0 aliphatic heterocycles. The van der Waals surface area contributed by atoms with Crippen LogP contribution in [0.5, 0.6) is 5.75 Å². The van der Waals surface area contributed by atoms with E-state index in [0.29, 0.717) is 22.9 Å². The zero-order chi connectivity index (χ0) is 22.0. The SMILES string of the molecule is CCOC(=O)c1c(NC(=O)COc2ccc3cc(Br)ccc3c2Br)sc2c1CCCC2. The van der Waals surface area contributed by atoms with E-state index >= 15 is 0 Å². The van der Waals surface area contributed by atoms with Crippen LogP contribution in [0.1, 0.15) is 40.6 Å². The van der Waals surface area contributed by atoms with Crippen LogP contribution < -0.4 is 10.1 Å². The van der Waals surface area contributed by atoms with Crippen LogP contribution in [-0.2, 0) is 22.4 Å². The van der Waals surface area contributed by atoms with E-state index in [0.717, 1.165) is 55.8 Å². The lowest BCUT2D eigenvalue weighted by Crippen LogP contribution is -2.21. The van der Waals surface area contributed by atoms with Crippen molar-refractivity contribution in [1.29, 1.82) is 0 Å². The summed E-state index contributed by atoms with van der Waals surface area (Å²) < 4.78 is 12.8. The van der Waals surface area contributed by atoms with Crippen molar-refractivity contribution in [2.45, 2.75) is 32.6 Å². The first-order valence-electron chi connectivity index (χ1n) is 10.1. The van der Waals surface area contributed by atoms with Crippen molar-refractivity contribution < 1.29 is 19.1 Å². The normalized spacial score (nSPS) is 13.0. The molecule has 2 aromatic carbocycles. The summed E-state index contributed by atoms with van der Waals surface area (Å²) >= 11 is 8.52. The van der Waals surface area contributed by atoms with Crippen LogP contribution in [0.25, 0.3) is 10.8 Å². The fourth-order valence-corrected chi connectivity index (χ4v) is 6.01. The summed E-state index contributed by atoms with van der Waals surface area (Å²) in [5.74, 6) is -0.102. The van der Waals surface area contributed by atoms with E-state index in [2.05, 4.69) is 37.2 Å². The molecule has 1 heterocycles. The number of aryl methyl sites for hydroxylation is 1. The predicted molar refractivity (Wildman–Crippen MR) is 130 cm³/mol. The number of benzene rings is 2. The first kappa shape index (κ1) is 22.3. The lowest BCUT2D eigenvalue weighted by molar-refractivity contribution is -0.118. The number of hydrogen-bond donors (Lipinski definition) is 1. The highest BCUT2D eigenvalue weighted by molar-refractivity contribution is 9.11. The Morgan fingerprint density at radius 3 is 2.74 bits per heavy atom. The Kier molecular flexibility index (Phi) is 6.99. The van der Waals surface area contributed by atoms with Crippen molar-refractivity contribution in [3.05, 3.63) is 55.3 Å². The number of halogens is 2. The molecule has 8 heteroatoms. The van der Waals surface area contributed by atoms with Gasteiger partial charge >= 0.3 is 5.97 Å². The topological polar surface area (TPSA) is 64.6 Å². The third kappa shape index (κ3) is 4.81. The van der Waals surface area contributed by atoms with Crippen molar-refractivity contribution in [2.75, 3.05) is 18.5 Å². The molecule has 0 radical (unpaired) electrons. The molecule has 4 rings (SSSR count). The Morgan fingerprint density at radius 2 is 1.94 bits per heavy atom. The molecule has 162 valence electrons. The highest BCUT2D eigenvalue weighted by Gasteiger charge is 2.27.